The fourth-order valence-corrected chi connectivity index (χ4v) is 4.97. The zero-order valence-electron chi connectivity index (χ0n) is 12.9. The van der Waals surface area contributed by atoms with Crippen molar-refractivity contribution in [2.45, 2.75) is 38.7 Å². The Kier molecular flexibility index (Phi) is 3.70. The molecule has 0 aromatic heterocycles. The number of rotatable bonds is 1. The summed E-state index contributed by atoms with van der Waals surface area (Å²) in [5.41, 5.74) is 0.647. The van der Waals surface area contributed by atoms with E-state index in [1.807, 2.05) is 6.07 Å². The molecule has 1 unspecified atom stereocenters. The second-order valence-corrected chi connectivity index (χ2v) is 8.09. The van der Waals surface area contributed by atoms with Crippen molar-refractivity contribution in [2.75, 3.05) is 20.1 Å². The predicted molar refractivity (Wildman–Crippen MR) is 85.7 cm³/mol. The number of hydrogen-bond donors (Lipinski definition) is 1. The van der Waals surface area contributed by atoms with Gasteiger partial charge in [-0.3, -0.25) is 0 Å². The smallest absolute Gasteiger partial charge is 0.137 e. The second-order valence-electron chi connectivity index (χ2n) is 7.30. The van der Waals surface area contributed by atoms with Crippen molar-refractivity contribution < 1.29 is 9.50 Å². The highest BCUT2D eigenvalue weighted by Crippen LogP contribution is 2.58. The van der Waals surface area contributed by atoms with E-state index in [9.17, 15) is 9.50 Å². The summed E-state index contributed by atoms with van der Waals surface area (Å²) >= 11 is 3.39. The lowest BCUT2D eigenvalue weighted by atomic mass is 9.65. The molecule has 0 bridgehead atoms. The lowest BCUT2D eigenvalue weighted by Gasteiger charge is -2.46. The van der Waals surface area contributed by atoms with Crippen molar-refractivity contribution in [2.24, 2.45) is 11.3 Å². The van der Waals surface area contributed by atoms with E-state index in [1.165, 1.54) is 6.07 Å². The molecule has 1 atom stereocenters. The lowest BCUT2D eigenvalue weighted by Crippen LogP contribution is -2.49. The molecule has 0 radical (unpaired) electrons. The SMILES string of the molecule is CN1CCC(C2(O)c3c(ccc(F)c3Br)CC2(C)C)CC1. The van der Waals surface area contributed by atoms with Crippen LogP contribution in [0.1, 0.15) is 37.8 Å². The van der Waals surface area contributed by atoms with E-state index in [4.69, 9.17) is 0 Å². The van der Waals surface area contributed by atoms with Gasteiger partial charge in [0.2, 0.25) is 0 Å². The summed E-state index contributed by atoms with van der Waals surface area (Å²) in [6.07, 6.45) is 2.71. The highest BCUT2D eigenvalue weighted by molar-refractivity contribution is 9.10. The molecule has 4 heteroatoms. The van der Waals surface area contributed by atoms with Crippen molar-refractivity contribution in [3.05, 3.63) is 33.5 Å². The molecule has 0 spiro atoms. The summed E-state index contributed by atoms with van der Waals surface area (Å²) in [5, 5.41) is 11.7. The van der Waals surface area contributed by atoms with Crippen LogP contribution >= 0.6 is 15.9 Å². The van der Waals surface area contributed by atoms with Crippen LogP contribution in [0.3, 0.4) is 0 Å². The van der Waals surface area contributed by atoms with Gasteiger partial charge in [-0.15, -0.1) is 0 Å². The molecule has 1 aromatic carbocycles. The fraction of sp³-hybridized carbons (Fsp3) is 0.647. The zero-order valence-corrected chi connectivity index (χ0v) is 14.5. The van der Waals surface area contributed by atoms with Crippen molar-refractivity contribution in [3.63, 3.8) is 0 Å². The van der Waals surface area contributed by atoms with Crippen LogP contribution in [-0.4, -0.2) is 30.1 Å². The normalized spacial score (nSPS) is 29.6. The number of benzene rings is 1. The summed E-state index contributed by atoms with van der Waals surface area (Å²) < 4.78 is 14.5. The van der Waals surface area contributed by atoms with E-state index in [0.717, 1.165) is 43.5 Å². The van der Waals surface area contributed by atoms with E-state index < -0.39 is 5.60 Å². The van der Waals surface area contributed by atoms with Crippen LogP contribution < -0.4 is 0 Å². The minimum atomic E-state index is -0.954. The first-order chi connectivity index (χ1) is 9.77. The molecule has 1 aromatic rings. The minimum Gasteiger partial charge on any atom is -0.384 e. The molecule has 1 saturated heterocycles. The molecule has 21 heavy (non-hydrogen) atoms. The van der Waals surface area contributed by atoms with Crippen LogP contribution in [0, 0.1) is 17.2 Å². The predicted octanol–water partition coefficient (Wildman–Crippen LogP) is 3.70. The molecule has 116 valence electrons. The third kappa shape index (κ3) is 2.18. The number of halogens is 2. The van der Waals surface area contributed by atoms with Gasteiger partial charge in [-0.25, -0.2) is 4.39 Å². The van der Waals surface area contributed by atoms with Gasteiger partial charge in [0.15, 0.2) is 0 Å². The van der Waals surface area contributed by atoms with Gasteiger partial charge >= 0.3 is 0 Å². The fourth-order valence-electron chi connectivity index (χ4n) is 4.28. The zero-order chi connectivity index (χ0) is 15.4. The molecule has 0 saturated carbocycles. The topological polar surface area (TPSA) is 23.5 Å². The van der Waals surface area contributed by atoms with E-state index >= 15 is 0 Å². The van der Waals surface area contributed by atoms with Gasteiger partial charge in [-0.2, -0.15) is 0 Å². The van der Waals surface area contributed by atoms with E-state index in [2.05, 4.69) is 41.7 Å². The molecular weight excluding hydrogens is 333 g/mol. The summed E-state index contributed by atoms with van der Waals surface area (Å²) in [7, 11) is 2.11. The molecule has 0 amide bonds. The van der Waals surface area contributed by atoms with Crippen LogP contribution in [0.4, 0.5) is 4.39 Å². The molecule has 2 aliphatic rings. The first-order valence-corrected chi connectivity index (χ1v) is 8.45. The Bertz CT molecular complexity index is 566. The largest absolute Gasteiger partial charge is 0.384 e. The first-order valence-electron chi connectivity index (χ1n) is 7.65. The number of piperidine rings is 1. The monoisotopic (exact) mass is 355 g/mol. The van der Waals surface area contributed by atoms with Gasteiger partial charge in [-0.05, 0) is 72.9 Å². The minimum absolute atomic E-state index is 0.183. The van der Waals surface area contributed by atoms with Crippen molar-refractivity contribution >= 4 is 15.9 Å². The molecular formula is C17H23BrFNO. The molecule has 1 fully saturated rings. The Morgan fingerprint density at radius 2 is 1.90 bits per heavy atom. The molecule has 1 aliphatic carbocycles. The van der Waals surface area contributed by atoms with E-state index in [-0.39, 0.29) is 17.2 Å². The van der Waals surface area contributed by atoms with Gasteiger partial charge in [0, 0.05) is 11.0 Å². The average Bonchev–Trinajstić information content (AvgIpc) is 2.63. The molecule has 3 rings (SSSR count). The van der Waals surface area contributed by atoms with Crippen LogP contribution in [0.5, 0.6) is 0 Å². The van der Waals surface area contributed by atoms with E-state index in [1.54, 1.807) is 0 Å². The van der Waals surface area contributed by atoms with Crippen LogP contribution in [-0.2, 0) is 12.0 Å². The quantitative estimate of drug-likeness (QED) is 0.830. The van der Waals surface area contributed by atoms with Gasteiger partial charge in [0.05, 0.1) is 10.1 Å². The summed E-state index contributed by atoms with van der Waals surface area (Å²) in [6, 6.07) is 3.34. The van der Waals surface area contributed by atoms with Crippen LogP contribution in [0.15, 0.2) is 16.6 Å². The third-order valence-electron chi connectivity index (χ3n) is 5.54. The lowest BCUT2D eigenvalue weighted by molar-refractivity contribution is -0.122. The number of likely N-dealkylation sites (tertiary alicyclic amines) is 1. The third-order valence-corrected chi connectivity index (χ3v) is 6.31. The maximum atomic E-state index is 14.0. The Morgan fingerprint density at radius 3 is 2.52 bits per heavy atom. The number of fused-ring (bicyclic) bond motifs is 1. The Balaban J connectivity index is 2.10. The number of nitrogens with zero attached hydrogens (tertiary/aromatic N) is 1. The summed E-state index contributed by atoms with van der Waals surface area (Å²) in [4.78, 5) is 2.29. The van der Waals surface area contributed by atoms with Crippen molar-refractivity contribution in [3.8, 4) is 0 Å². The highest BCUT2D eigenvalue weighted by Gasteiger charge is 2.56. The molecule has 1 aliphatic heterocycles. The summed E-state index contributed by atoms with van der Waals surface area (Å²) in [6.45, 7) is 6.20. The molecule has 2 nitrogen and oxygen atoms in total. The molecule has 1 N–H and O–H groups in total. The maximum Gasteiger partial charge on any atom is 0.137 e. The van der Waals surface area contributed by atoms with Crippen LogP contribution in [0.25, 0.3) is 0 Å². The number of hydrogen-bond acceptors (Lipinski definition) is 2. The Hall–Kier alpha value is -0.450. The van der Waals surface area contributed by atoms with E-state index in [0.29, 0.717) is 4.47 Å². The van der Waals surface area contributed by atoms with Gasteiger partial charge in [-0.1, -0.05) is 19.9 Å². The van der Waals surface area contributed by atoms with Gasteiger partial charge < -0.3 is 10.0 Å². The highest BCUT2D eigenvalue weighted by atomic mass is 79.9. The standard InChI is InChI=1S/C17H23BrFNO/c1-16(2)10-11-4-5-13(19)15(18)14(11)17(16,21)12-6-8-20(3)9-7-12/h4-5,12,21H,6-10H2,1-3H3. The Labute approximate surface area is 134 Å². The number of aliphatic hydroxyl groups is 1. The van der Waals surface area contributed by atoms with Crippen LogP contribution in [0.2, 0.25) is 0 Å². The van der Waals surface area contributed by atoms with Gasteiger partial charge in [0.1, 0.15) is 5.82 Å². The van der Waals surface area contributed by atoms with Crippen molar-refractivity contribution in [1.29, 1.82) is 0 Å². The molecule has 1 heterocycles. The van der Waals surface area contributed by atoms with Crippen molar-refractivity contribution in [1.82, 2.24) is 4.90 Å². The maximum absolute atomic E-state index is 14.0. The second kappa shape index (κ2) is 5.04. The summed E-state index contributed by atoms with van der Waals surface area (Å²) in [5.74, 6) is -0.0964. The Morgan fingerprint density at radius 1 is 1.29 bits per heavy atom. The average molecular weight is 356 g/mol. The van der Waals surface area contributed by atoms with Gasteiger partial charge in [0.25, 0.3) is 0 Å². The first kappa shape index (κ1) is 15.4.